The lowest BCUT2D eigenvalue weighted by Gasteiger charge is -2.11. The van der Waals surface area contributed by atoms with E-state index < -0.39 is 10.0 Å². The molecule has 2 aromatic carbocycles. The van der Waals surface area contributed by atoms with Crippen LogP contribution < -0.4 is 4.72 Å². The third-order valence-electron chi connectivity index (χ3n) is 3.89. The van der Waals surface area contributed by atoms with Crippen LogP contribution in [0.25, 0.3) is 11.0 Å². The van der Waals surface area contributed by atoms with Crippen molar-refractivity contribution in [3.05, 3.63) is 58.9 Å². The van der Waals surface area contributed by atoms with Crippen LogP contribution in [-0.2, 0) is 23.0 Å². The number of imidazole rings is 1. The monoisotopic (exact) mass is 377 g/mol. The third-order valence-corrected chi connectivity index (χ3v) is 4.87. The summed E-state index contributed by atoms with van der Waals surface area (Å²) in [7, 11) is -3.33. The lowest BCUT2D eigenvalue weighted by molar-refractivity contribution is 0.607. The van der Waals surface area contributed by atoms with Crippen LogP contribution in [0.4, 0.5) is 5.69 Å². The topological polar surface area (TPSA) is 64.0 Å². The van der Waals surface area contributed by atoms with E-state index in [9.17, 15) is 8.42 Å². The molecule has 0 radical (unpaired) electrons. The predicted molar refractivity (Wildman–Crippen MR) is 103 cm³/mol. The van der Waals surface area contributed by atoms with E-state index >= 15 is 0 Å². The molecular formula is C18H20ClN3O2S. The molecule has 0 saturated heterocycles. The largest absolute Gasteiger partial charge is 0.323 e. The zero-order valence-electron chi connectivity index (χ0n) is 14.2. The Kier molecular flexibility index (Phi) is 5.01. The zero-order valence-corrected chi connectivity index (χ0v) is 15.7. The van der Waals surface area contributed by atoms with Crippen LogP contribution in [0, 0.1) is 0 Å². The van der Waals surface area contributed by atoms with Gasteiger partial charge in [-0.2, -0.15) is 0 Å². The molecule has 0 amide bonds. The Morgan fingerprint density at radius 3 is 2.64 bits per heavy atom. The second-order valence-electron chi connectivity index (χ2n) is 6.03. The van der Waals surface area contributed by atoms with Gasteiger partial charge in [-0.3, -0.25) is 4.72 Å². The van der Waals surface area contributed by atoms with Gasteiger partial charge in [-0.15, -0.1) is 0 Å². The number of aryl methyl sites for hydroxylation is 1. The molecule has 1 N–H and O–H groups in total. The fraction of sp³-hybridized carbons (Fsp3) is 0.278. The molecule has 0 saturated carbocycles. The second kappa shape index (κ2) is 7.06. The van der Waals surface area contributed by atoms with Gasteiger partial charge in [0.05, 0.1) is 29.5 Å². The van der Waals surface area contributed by atoms with E-state index in [1.54, 1.807) is 6.07 Å². The summed E-state index contributed by atoms with van der Waals surface area (Å²) in [6.07, 6.45) is 2.95. The van der Waals surface area contributed by atoms with Crippen molar-refractivity contribution in [1.29, 1.82) is 0 Å². The summed E-state index contributed by atoms with van der Waals surface area (Å²) < 4.78 is 27.7. The maximum atomic E-state index is 11.5. The van der Waals surface area contributed by atoms with Gasteiger partial charge in [0.15, 0.2) is 0 Å². The van der Waals surface area contributed by atoms with Crippen molar-refractivity contribution in [2.24, 2.45) is 0 Å². The summed E-state index contributed by atoms with van der Waals surface area (Å²) in [5, 5.41) is 0.706. The number of sulfonamides is 1. The number of rotatable bonds is 6. The molecule has 0 aliphatic carbocycles. The SMILES string of the molecule is CCCc1nc2ccc(NS(C)(=O)=O)cc2n1Cc1ccccc1Cl. The van der Waals surface area contributed by atoms with Gasteiger partial charge < -0.3 is 4.57 Å². The van der Waals surface area contributed by atoms with E-state index in [4.69, 9.17) is 16.6 Å². The molecule has 0 aliphatic rings. The van der Waals surface area contributed by atoms with Crippen LogP contribution in [0.2, 0.25) is 5.02 Å². The predicted octanol–water partition coefficient (Wildman–Crippen LogP) is 4.06. The fourth-order valence-corrected chi connectivity index (χ4v) is 3.59. The summed E-state index contributed by atoms with van der Waals surface area (Å²) in [5.74, 6) is 0.967. The molecule has 0 bridgehead atoms. The molecule has 0 unspecified atom stereocenters. The highest BCUT2D eigenvalue weighted by Gasteiger charge is 2.13. The van der Waals surface area contributed by atoms with Crippen LogP contribution in [-0.4, -0.2) is 24.2 Å². The highest BCUT2D eigenvalue weighted by molar-refractivity contribution is 7.92. The van der Waals surface area contributed by atoms with E-state index in [1.165, 1.54) is 0 Å². The Balaban J connectivity index is 2.10. The van der Waals surface area contributed by atoms with Crippen molar-refractivity contribution < 1.29 is 8.42 Å². The normalized spacial score (nSPS) is 11.8. The Labute approximate surface area is 152 Å². The third kappa shape index (κ3) is 4.14. The molecule has 0 atom stereocenters. The molecule has 0 fully saturated rings. The second-order valence-corrected chi connectivity index (χ2v) is 8.19. The molecule has 5 nitrogen and oxygen atoms in total. The van der Waals surface area contributed by atoms with Crippen LogP contribution >= 0.6 is 11.6 Å². The first-order chi connectivity index (χ1) is 11.9. The standard InChI is InChI=1S/C18H20ClN3O2S/c1-3-6-18-20-16-10-9-14(21-25(2,23)24)11-17(16)22(18)12-13-7-4-5-8-15(13)19/h4-5,7-11,21H,3,6,12H2,1-2H3. The van der Waals surface area contributed by atoms with Crippen molar-refractivity contribution >= 4 is 38.3 Å². The van der Waals surface area contributed by atoms with E-state index in [1.807, 2.05) is 36.4 Å². The lowest BCUT2D eigenvalue weighted by atomic mass is 10.2. The van der Waals surface area contributed by atoms with Gasteiger partial charge in [0.1, 0.15) is 5.82 Å². The summed E-state index contributed by atoms with van der Waals surface area (Å²) in [4.78, 5) is 4.71. The number of benzene rings is 2. The molecule has 3 aromatic rings. The van der Waals surface area contributed by atoms with Gasteiger partial charge >= 0.3 is 0 Å². The Morgan fingerprint density at radius 1 is 1.20 bits per heavy atom. The van der Waals surface area contributed by atoms with E-state index in [2.05, 4.69) is 16.2 Å². The molecule has 1 heterocycles. The minimum atomic E-state index is -3.33. The van der Waals surface area contributed by atoms with E-state index in [-0.39, 0.29) is 0 Å². The quantitative estimate of drug-likeness (QED) is 0.704. The van der Waals surface area contributed by atoms with Crippen LogP contribution in [0.1, 0.15) is 24.7 Å². The highest BCUT2D eigenvalue weighted by atomic mass is 35.5. The van der Waals surface area contributed by atoms with Gasteiger partial charge in [-0.05, 0) is 36.2 Å². The van der Waals surface area contributed by atoms with E-state index in [0.717, 1.165) is 41.5 Å². The highest BCUT2D eigenvalue weighted by Crippen LogP contribution is 2.25. The van der Waals surface area contributed by atoms with Crippen LogP contribution in [0.3, 0.4) is 0 Å². The maximum absolute atomic E-state index is 11.5. The zero-order chi connectivity index (χ0) is 18.0. The minimum Gasteiger partial charge on any atom is -0.323 e. The van der Waals surface area contributed by atoms with E-state index in [0.29, 0.717) is 17.3 Å². The number of anilines is 1. The average molecular weight is 378 g/mol. The number of aromatic nitrogens is 2. The number of hydrogen-bond acceptors (Lipinski definition) is 3. The molecule has 3 rings (SSSR count). The van der Waals surface area contributed by atoms with Crippen molar-refractivity contribution in [3.63, 3.8) is 0 Å². The minimum absolute atomic E-state index is 0.526. The Bertz CT molecular complexity index is 1010. The van der Waals surface area contributed by atoms with Crippen LogP contribution in [0.5, 0.6) is 0 Å². The van der Waals surface area contributed by atoms with Crippen molar-refractivity contribution in [1.82, 2.24) is 9.55 Å². The number of hydrogen-bond donors (Lipinski definition) is 1. The van der Waals surface area contributed by atoms with Crippen molar-refractivity contribution in [2.75, 3.05) is 11.0 Å². The fourth-order valence-electron chi connectivity index (χ4n) is 2.84. The van der Waals surface area contributed by atoms with Crippen LogP contribution in [0.15, 0.2) is 42.5 Å². The first-order valence-electron chi connectivity index (χ1n) is 8.07. The average Bonchev–Trinajstić information content (AvgIpc) is 2.86. The smallest absolute Gasteiger partial charge is 0.229 e. The van der Waals surface area contributed by atoms with Gasteiger partial charge in [0.25, 0.3) is 0 Å². The van der Waals surface area contributed by atoms with Crippen molar-refractivity contribution in [2.45, 2.75) is 26.3 Å². The van der Waals surface area contributed by atoms with Gasteiger partial charge in [0, 0.05) is 11.4 Å². The lowest BCUT2D eigenvalue weighted by Crippen LogP contribution is -2.10. The van der Waals surface area contributed by atoms with Gasteiger partial charge in [-0.25, -0.2) is 13.4 Å². The molecular weight excluding hydrogens is 358 g/mol. The van der Waals surface area contributed by atoms with Gasteiger partial charge in [0.2, 0.25) is 10.0 Å². The van der Waals surface area contributed by atoms with Gasteiger partial charge in [-0.1, -0.05) is 36.7 Å². The summed E-state index contributed by atoms with van der Waals surface area (Å²) >= 11 is 6.31. The first kappa shape index (κ1) is 17.8. The molecule has 0 spiro atoms. The number of halogens is 1. The number of fused-ring (bicyclic) bond motifs is 1. The summed E-state index contributed by atoms with van der Waals surface area (Å²) in [6.45, 7) is 2.70. The molecule has 132 valence electrons. The van der Waals surface area contributed by atoms with Crippen molar-refractivity contribution in [3.8, 4) is 0 Å². The Hall–Kier alpha value is -2.05. The molecule has 7 heteroatoms. The summed E-state index contributed by atoms with van der Waals surface area (Å²) in [5.41, 5.74) is 3.26. The first-order valence-corrected chi connectivity index (χ1v) is 10.3. The molecule has 0 aliphatic heterocycles. The number of nitrogens with one attached hydrogen (secondary N) is 1. The number of nitrogens with zero attached hydrogens (tertiary/aromatic N) is 2. The maximum Gasteiger partial charge on any atom is 0.229 e. The summed E-state index contributed by atoms with van der Waals surface area (Å²) in [6, 6.07) is 13.1. The molecule has 25 heavy (non-hydrogen) atoms. The Morgan fingerprint density at radius 2 is 1.96 bits per heavy atom. The molecule has 1 aromatic heterocycles.